The Morgan fingerprint density at radius 3 is 2.77 bits per heavy atom. The summed E-state index contributed by atoms with van der Waals surface area (Å²) in [5, 5.41) is 7.17. The fourth-order valence-electron chi connectivity index (χ4n) is 4.03. The Hall–Kier alpha value is -1.66. The van der Waals surface area contributed by atoms with Gasteiger partial charge in [-0.2, -0.15) is 0 Å². The summed E-state index contributed by atoms with van der Waals surface area (Å²) in [5.74, 6) is 1.69. The van der Waals surface area contributed by atoms with Gasteiger partial charge in [-0.25, -0.2) is 0 Å². The Balaban J connectivity index is 1.37. The van der Waals surface area contributed by atoms with E-state index in [1.165, 1.54) is 25.9 Å². The number of nitrogens with zero attached hydrogens (tertiary/aromatic N) is 4. The van der Waals surface area contributed by atoms with Crippen molar-refractivity contribution in [1.29, 1.82) is 0 Å². The van der Waals surface area contributed by atoms with Crippen LogP contribution in [-0.4, -0.2) is 73.6 Å². The summed E-state index contributed by atoms with van der Waals surface area (Å²) in [6, 6.07) is 6.66. The number of hydrogen-bond donors (Lipinski definition) is 2. The molecular weight excluding hydrogens is 324 g/mol. The number of likely N-dealkylation sites (tertiary alicyclic amines) is 2. The minimum Gasteiger partial charge on any atom is -0.356 e. The molecule has 26 heavy (non-hydrogen) atoms. The first-order valence-electron chi connectivity index (χ1n) is 10.0. The fourth-order valence-corrected chi connectivity index (χ4v) is 4.03. The monoisotopic (exact) mass is 358 g/mol. The molecule has 1 aromatic rings. The van der Waals surface area contributed by atoms with Gasteiger partial charge in [0.05, 0.1) is 5.69 Å². The van der Waals surface area contributed by atoms with Gasteiger partial charge < -0.3 is 15.5 Å². The van der Waals surface area contributed by atoms with Crippen LogP contribution in [0, 0.1) is 5.92 Å². The van der Waals surface area contributed by atoms with E-state index in [0.29, 0.717) is 6.04 Å². The lowest BCUT2D eigenvalue weighted by Gasteiger charge is -2.33. The highest BCUT2D eigenvalue weighted by Gasteiger charge is 2.21. The van der Waals surface area contributed by atoms with Crippen LogP contribution < -0.4 is 10.6 Å². The average molecular weight is 359 g/mol. The smallest absolute Gasteiger partial charge is 0.191 e. The Bertz CT molecular complexity index is 553. The molecule has 2 N–H and O–H groups in total. The van der Waals surface area contributed by atoms with E-state index in [0.717, 1.165) is 56.6 Å². The maximum atomic E-state index is 4.44. The SMILES string of the molecule is CN=C(NCC1CCCN(C)C1)NC1CCN(Cc2ccccn2)CC1. The first-order chi connectivity index (χ1) is 12.7. The molecule has 2 aliphatic rings. The molecule has 6 heteroatoms. The van der Waals surface area contributed by atoms with Gasteiger partial charge in [0.25, 0.3) is 0 Å². The summed E-state index contributed by atoms with van der Waals surface area (Å²) in [7, 11) is 4.09. The summed E-state index contributed by atoms with van der Waals surface area (Å²) >= 11 is 0. The number of aromatic nitrogens is 1. The summed E-state index contributed by atoms with van der Waals surface area (Å²) in [6.07, 6.45) is 6.81. The number of guanidine groups is 1. The van der Waals surface area contributed by atoms with Crippen LogP contribution in [-0.2, 0) is 6.54 Å². The summed E-state index contributed by atoms with van der Waals surface area (Å²) in [4.78, 5) is 13.8. The van der Waals surface area contributed by atoms with Gasteiger partial charge in [-0.05, 0) is 57.3 Å². The molecule has 3 rings (SSSR count). The minimum absolute atomic E-state index is 0.509. The van der Waals surface area contributed by atoms with Gasteiger partial charge in [0, 0.05) is 52.0 Å². The third-order valence-corrected chi connectivity index (χ3v) is 5.54. The molecule has 2 aliphatic heterocycles. The van der Waals surface area contributed by atoms with E-state index >= 15 is 0 Å². The van der Waals surface area contributed by atoms with Gasteiger partial charge in [-0.1, -0.05) is 6.07 Å². The second kappa shape index (κ2) is 9.88. The minimum atomic E-state index is 0.509. The van der Waals surface area contributed by atoms with Crippen LogP contribution in [0.3, 0.4) is 0 Å². The van der Waals surface area contributed by atoms with Crippen LogP contribution in [0.15, 0.2) is 29.4 Å². The van der Waals surface area contributed by atoms with Crippen molar-refractivity contribution >= 4 is 5.96 Å². The molecule has 6 nitrogen and oxygen atoms in total. The summed E-state index contributed by atoms with van der Waals surface area (Å²) in [5.41, 5.74) is 1.16. The summed E-state index contributed by atoms with van der Waals surface area (Å²) < 4.78 is 0. The number of nitrogens with one attached hydrogen (secondary N) is 2. The van der Waals surface area contributed by atoms with Crippen molar-refractivity contribution in [2.75, 3.05) is 46.8 Å². The van der Waals surface area contributed by atoms with E-state index in [4.69, 9.17) is 0 Å². The van der Waals surface area contributed by atoms with Crippen LogP contribution in [0.1, 0.15) is 31.4 Å². The van der Waals surface area contributed by atoms with Crippen molar-refractivity contribution in [3.05, 3.63) is 30.1 Å². The number of piperidine rings is 2. The predicted octanol–water partition coefficient (Wildman–Crippen LogP) is 1.55. The number of rotatable bonds is 5. The first kappa shape index (κ1) is 19.1. The Kier molecular flexibility index (Phi) is 7.26. The van der Waals surface area contributed by atoms with Crippen LogP contribution in [0.2, 0.25) is 0 Å². The standard InChI is InChI=1S/C20H34N6/c1-21-20(23-14-17-6-5-11-25(2)15-17)24-18-8-12-26(13-9-18)16-19-7-3-4-10-22-19/h3-4,7,10,17-18H,5-6,8-9,11-16H2,1-2H3,(H2,21,23,24). The number of hydrogen-bond acceptors (Lipinski definition) is 4. The quantitative estimate of drug-likeness (QED) is 0.618. The van der Waals surface area contributed by atoms with Gasteiger partial charge in [-0.3, -0.25) is 14.9 Å². The van der Waals surface area contributed by atoms with Crippen molar-refractivity contribution < 1.29 is 0 Å². The molecule has 144 valence electrons. The number of pyridine rings is 1. The zero-order chi connectivity index (χ0) is 18.2. The van der Waals surface area contributed by atoms with Gasteiger partial charge in [-0.15, -0.1) is 0 Å². The van der Waals surface area contributed by atoms with Crippen molar-refractivity contribution in [3.63, 3.8) is 0 Å². The molecule has 3 heterocycles. The maximum absolute atomic E-state index is 4.44. The Morgan fingerprint density at radius 1 is 1.23 bits per heavy atom. The van der Waals surface area contributed by atoms with Crippen molar-refractivity contribution in [2.24, 2.45) is 10.9 Å². The Labute approximate surface area is 158 Å². The fraction of sp³-hybridized carbons (Fsp3) is 0.700. The van der Waals surface area contributed by atoms with Crippen molar-refractivity contribution in [2.45, 2.75) is 38.3 Å². The molecule has 0 radical (unpaired) electrons. The molecule has 0 aromatic carbocycles. The van der Waals surface area contributed by atoms with E-state index in [-0.39, 0.29) is 0 Å². The summed E-state index contributed by atoms with van der Waals surface area (Å²) in [6.45, 7) is 6.62. The average Bonchev–Trinajstić information content (AvgIpc) is 2.67. The molecule has 0 amide bonds. The largest absolute Gasteiger partial charge is 0.356 e. The van der Waals surface area contributed by atoms with Crippen LogP contribution in [0.25, 0.3) is 0 Å². The van der Waals surface area contributed by atoms with Gasteiger partial charge in [0.15, 0.2) is 5.96 Å². The van der Waals surface area contributed by atoms with E-state index in [9.17, 15) is 0 Å². The molecule has 2 saturated heterocycles. The van der Waals surface area contributed by atoms with Crippen molar-refractivity contribution in [1.82, 2.24) is 25.4 Å². The second-order valence-electron chi connectivity index (χ2n) is 7.74. The molecule has 0 aliphatic carbocycles. The lowest BCUT2D eigenvalue weighted by molar-refractivity contribution is 0.195. The molecular formula is C20H34N6. The zero-order valence-electron chi connectivity index (χ0n) is 16.3. The second-order valence-corrected chi connectivity index (χ2v) is 7.74. The van der Waals surface area contributed by atoms with Crippen LogP contribution >= 0.6 is 0 Å². The molecule has 0 saturated carbocycles. The third-order valence-electron chi connectivity index (χ3n) is 5.54. The van der Waals surface area contributed by atoms with Crippen LogP contribution in [0.4, 0.5) is 0 Å². The molecule has 0 spiro atoms. The molecule has 1 unspecified atom stereocenters. The van der Waals surface area contributed by atoms with E-state index in [1.807, 2.05) is 19.3 Å². The normalized spacial score (nSPS) is 23.8. The number of aliphatic imine (C=N–C) groups is 1. The highest BCUT2D eigenvalue weighted by molar-refractivity contribution is 5.79. The third kappa shape index (κ3) is 5.95. The lowest BCUT2D eigenvalue weighted by atomic mass is 9.98. The van der Waals surface area contributed by atoms with Crippen LogP contribution in [0.5, 0.6) is 0 Å². The van der Waals surface area contributed by atoms with Crippen molar-refractivity contribution in [3.8, 4) is 0 Å². The Morgan fingerprint density at radius 2 is 2.08 bits per heavy atom. The topological polar surface area (TPSA) is 55.8 Å². The highest BCUT2D eigenvalue weighted by Crippen LogP contribution is 2.15. The van der Waals surface area contributed by atoms with Gasteiger partial charge in [0.1, 0.15) is 0 Å². The van der Waals surface area contributed by atoms with E-state index in [1.54, 1.807) is 0 Å². The van der Waals surface area contributed by atoms with Gasteiger partial charge >= 0.3 is 0 Å². The predicted molar refractivity (Wildman–Crippen MR) is 107 cm³/mol. The zero-order valence-corrected chi connectivity index (χ0v) is 16.3. The van der Waals surface area contributed by atoms with E-state index < -0.39 is 0 Å². The lowest BCUT2D eigenvalue weighted by Crippen LogP contribution is -2.50. The highest BCUT2D eigenvalue weighted by atomic mass is 15.2. The molecule has 1 aromatic heterocycles. The maximum Gasteiger partial charge on any atom is 0.191 e. The van der Waals surface area contributed by atoms with Gasteiger partial charge in [0.2, 0.25) is 0 Å². The molecule has 0 bridgehead atoms. The first-order valence-corrected chi connectivity index (χ1v) is 10.0. The molecule has 1 atom stereocenters. The van der Waals surface area contributed by atoms with E-state index in [2.05, 4.69) is 49.6 Å². The molecule has 2 fully saturated rings.